The Balaban J connectivity index is 1.67. The molecule has 0 saturated carbocycles. The molecular formula is C23H26N4O2S. The van der Waals surface area contributed by atoms with Crippen LogP contribution in [0, 0.1) is 0 Å². The zero-order valence-electron chi connectivity index (χ0n) is 17.1. The Kier molecular flexibility index (Phi) is 8.23. The van der Waals surface area contributed by atoms with Crippen molar-refractivity contribution in [3.8, 4) is 0 Å². The molecule has 0 aliphatic rings. The summed E-state index contributed by atoms with van der Waals surface area (Å²) in [5, 5.41) is 12.5. The quantitative estimate of drug-likeness (QED) is 0.290. The van der Waals surface area contributed by atoms with E-state index in [0.29, 0.717) is 31.0 Å². The number of rotatable bonds is 11. The van der Waals surface area contributed by atoms with Crippen molar-refractivity contribution < 1.29 is 9.53 Å². The summed E-state index contributed by atoms with van der Waals surface area (Å²) in [6.45, 7) is 5.50. The van der Waals surface area contributed by atoms with Gasteiger partial charge in [-0.15, -0.1) is 16.8 Å². The first-order valence-corrected chi connectivity index (χ1v) is 10.8. The third-order valence-electron chi connectivity index (χ3n) is 4.46. The average Bonchev–Trinajstić information content (AvgIpc) is 3.15. The van der Waals surface area contributed by atoms with Gasteiger partial charge in [-0.3, -0.25) is 4.79 Å². The molecule has 7 heteroatoms. The van der Waals surface area contributed by atoms with Crippen LogP contribution in [0.2, 0.25) is 0 Å². The molecule has 0 aliphatic heterocycles. The SMILES string of the molecule is C=CCn1c(Cc2ccccc2)nnc1SCc1cccc(C(=O)NCCOC)c1. The highest BCUT2D eigenvalue weighted by atomic mass is 32.2. The number of aromatic nitrogens is 3. The fourth-order valence-electron chi connectivity index (χ4n) is 2.97. The first-order chi connectivity index (χ1) is 14.7. The van der Waals surface area contributed by atoms with Crippen molar-refractivity contribution in [2.75, 3.05) is 20.3 Å². The minimum Gasteiger partial charge on any atom is -0.383 e. The molecule has 156 valence electrons. The molecular weight excluding hydrogens is 396 g/mol. The number of hydrogen-bond acceptors (Lipinski definition) is 5. The molecule has 0 saturated heterocycles. The van der Waals surface area contributed by atoms with Crippen LogP contribution in [0.5, 0.6) is 0 Å². The van der Waals surface area contributed by atoms with Crippen LogP contribution < -0.4 is 5.32 Å². The Morgan fingerprint density at radius 2 is 1.97 bits per heavy atom. The van der Waals surface area contributed by atoms with E-state index in [2.05, 4.69) is 38.8 Å². The molecule has 6 nitrogen and oxygen atoms in total. The van der Waals surface area contributed by atoms with Gasteiger partial charge < -0.3 is 14.6 Å². The fourth-order valence-corrected chi connectivity index (χ4v) is 3.88. The van der Waals surface area contributed by atoms with Gasteiger partial charge in [0.15, 0.2) is 5.16 Å². The van der Waals surface area contributed by atoms with E-state index >= 15 is 0 Å². The van der Waals surface area contributed by atoms with Crippen LogP contribution >= 0.6 is 11.8 Å². The minimum atomic E-state index is -0.0983. The van der Waals surface area contributed by atoms with Crippen LogP contribution in [-0.4, -0.2) is 40.9 Å². The molecule has 3 rings (SSSR count). The molecule has 0 bridgehead atoms. The van der Waals surface area contributed by atoms with E-state index in [4.69, 9.17) is 4.74 Å². The van der Waals surface area contributed by atoms with Gasteiger partial charge >= 0.3 is 0 Å². The number of thioether (sulfide) groups is 1. The second-order valence-electron chi connectivity index (χ2n) is 6.70. The standard InChI is InChI=1S/C23H26N4O2S/c1-3-13-27-21(16-18-8-5-4-6-9-18)25-26-23(27)30-17-19-10-7-11-20(15-19)22(28)24-12-14-29-2/h3-11,15H,1,12-14,16-17H2,2H3,(H,24,28). The minimum absolute atomic E-state index is 0.0983. The third kappa shape index (κ3) is 6.05. The summed E-state index contributed by atoms with van der Waals surface area (Å²) in [4.78, 5) is 12.3. The topological polar surface area (TPSA) is 69.0 Å². The van der Waals surface area contributed by atoms with Crippen molar-refractivity contribution >= 4 is 17.7 Å². The highest BCUT2D eigenvalue weighted by Gasteiger charge is 2.13. The molecule has 3 aromatic rings. The molecule has 1 aromatic heterocycles. The van der Waals surface area contributed by atoms with Crippen molar-refractivity contribution in [3.63, 3.8) is 0 Å². The third-order valence-corrected chi connectivity index (χ3v) is 5.50. The van der Waals surface area contributed by atoms with Crippen molar-refractivity contribution in [2.45, 2.75) is 23.9 Å². The number of ether oxygens (including phenoxy) is 1. The number of carbonyl (C=O) groups excluding carboxylic acids is 1. The zero-order chi connectivity index (χ0) is 21.2. The van der Waals surface area contributed by atoms with E-state index in [1.807, 2.05) is 48.5 Å². The summed E-state index contributed by atoms with van der Waals surface area (Å²) in [5.41, 5.74) is 2.89. The van der Waals surface area contributed by atoms with Gasteiger partial charge in [0.25, 0.3) is 5.91 Å². The van der Waals surface area contributed by atoms with Gasteiger partial charge in [0.05, 0.1) is 6.61 Å². The summed E-state index contributed by atoms with van der Waals surface area (Å²) in [7, 11) is 1.61. The van der Waals surface area contributed by atoms with E-state index in [-0.39, 0.29) is 5.91 Å². The number of nitrogens with one attached hydrogen (secondary N) is 1. The molecule has 30 heavy (non-hydrogen) atoms. The lowest BCUT2D eigenvalue weighted by Crippen LogP contribution is -2.26. The Morgan fingerprint density at radius 1 is 1.17 bits per heavy atom. The lowest BCUT2D eigenvalue weighted by atomic mass is 10.1. The summed E-state index contributed by atoms with van der Waals surface area (Å²) >= 11 is 1.60. The summed E-state index contributed by atoms with van der Waals surface area (Å²) in [6, 6.07) is 17.9. The van der Waals surface area contributed by atoms with Crippen LogP contribution in [0.4, 0.5) is 0 Å². The predicted molar refractivity (Wildman–Crippen MR) is 120 cm³/mol. The van der Waals surface area contributed by atoms with Gasteiger partial charge in [0, 0.05) is 37.9 Å². The molecule has 0 fully saturated rings. The summed E-state index contributed by atoms with van der Waals surface area (Å²) in [5.74, 6) is 1.51. The van der Waals surface area contributed by atoms with E-state index in [9.17, 15) is 4.79 Å². The molecule has 0 atom stereocenters. The summed E-state index contributed by atoms with van der Waals surface area (Å²) in [6.07, 6.45) is 2.58. The lowest BCUT2D eigenvalue weighted by molar-refractivity contribution is 0.0937. The molecule has 1 heterocycles. The monoisotopic (exact) mass is 422 g/mol. The Hall–Kier alpha value is -2.90. The maximum atomic E-state index is 12.3. The van der Waals surface area contributed by atoms with E-state index in [1.54, 1.807) is 18.9 Å². The Bertz CT molecular complexity index is 972. The number of hydrogen-bond donors (Lipinski definition) is 1. The van der Waals surface area contributed by atoms with Gasteiger partial charge in [0.2, 0.25) is 0 Å². The predicted octanol–water partition coefficient (Wildman–Crippen LogP) is 3.72. The van der Waals surface area contributed by atoms with E-state index < -0.39 is 0 Å². The van der Waals surface area contributed by atoms with Crippen molar-refractivity contribution in [2.24, 2.45) is 0 Å². The number of carbonyl (C=O) groups is 1. The largest absolute Gasteiger partial charge is 0.383 e. The van der Waals surface area contributed by atoms with Gasteiger partial charge in [-0.05, 0) is 23.3 Å². The van der Waals surface area contributed by atoms with Crippen LogP contribution in [0.1, 0.15) is 27.3 Å². The molecule has 1 N–H and O–H groups in total. The second kappa shape index (κ2) is 11.3. The number of amides is 1. The van der Waals surface area contributed by atoms with Crippen LogP contribution in [0.3, 0.4) is 0 Å². The number of methoxy groups -OCH3 is 1. The smallest absolute Gasteiger partial charge is 0.251 e. The van der Waals surface area contributed by atoms with Crippen molar-refractivity contribution in [3.05, 3.63) is 89.8 Å². The maximum Gasteiger partial charge on any atom is 0.251 e. The lowest BCUT2D eigenvalue weighted by Gasteiger charge is -2.09. The van der Waals surface area contributed by atoms with Crippen molar-refractivity contribution in [1.82, 2.24) is 20.1 Å². The van der Waals surface area contributed by atoms with Gasteiger partial charge in [-0.2, -0.15) is 0 Å². The molecule has 0 unspecified atom stereocenters. The molecule has 0 radical (unpaired) electrons. The van der Waals surface area contributed by atoms with Crippen LogP contribution in [0.15, 0.2) is 72.4 Å². The maximum absolute atomic E-state index is 12.3. The first-order valence-electron chi connectivity index (χ1n) is 9.77. The van der Waals surface area contributed by atoms with E-state index in [0.717, 1.165) is 23.0 Å². The molecule has 2 aromatic carbocycles. The second-order valence-corrected chi connectivity index (χ2v) is 7.64. The average molecular weight is 423 g/mol. The first kappa shape index (κ1) is 21.8. The van der Waals surface area contributed by atoms with Gasteiger partial charge in [-0.1, -0.05) is 60.3 Å². The Morgan fingerprint density at radius 3 is 2.73 bits per heavy atom. The molecule has 1 amide bonds. The number of benzene rings is 2. The highest BCUT2D eigenvalue weighted by molar-refractivity contribution is 7.98. The molecule has 0 spiro atoms. The number of allylic oxidation sites excluding steroid dienone is 1. The van der Waals surface area contributed by atoms with E-state index in [1.165, 1.54) is 5.56 Å². The highest BCUT2D eigenvalue weighted by Crippen LogP contribution is 2.23. The normalized spacial score (nSPS) is 10.7. The van der Waals surface area contributed by atoms with Crippen molar-refractivity contribution in [1.29, 1.82) is 0 Å². The molecule has 0 aliphatic carbocycles. The van der Waals surface area contributed by atoms with Gasteiger partial charge in [0.1, 0.15) is 5.82 Å². The van der Waals surface area contributed by atoms with Gasteiger partial charge in [-0.25, -0.2) is 0 Å². The Labute approximate surface area is 181 Å². The zero-order valence-corrected chi connectivity index (χ0v) is 17.9. The van der Waals surface area contributed by atoms with Crippen LogP contribution in [-0.2, 0) is 23.5 Å². The number of nitrogens with zero attached hydrogens (tertiary/aromatic N) is 3. The fraction of sp³-hybridized carbons (Fsp3) is 0.261. The summed E-state index contributed by atoms with van der Waals surface area (Å²) < 4.78 is 7.06. The van der Waals surface area contributed by atoms with Crippen LogP contribution in [0.25, 0.3) is 0 Å².